The van der Waals surface area contributed by atoms with Crippen molar-refractivity contribution < 1.29 is 24.2 Å². The number of carbonyl (C=O) groups excluding carboxylic acids is 1. The summed E-state index contributed by atoms with van der Waals surface area (Å²) < 4.78 is 13.8. The summed E-state index contributed by atoms with van der Waals surface area (Å²) in [6.07, 6.45) is 10.5. The molecule has 242 valence electrons. The van der Waals surface area contributed by atoms with Crippen molar-refractivity contribution in [1.82, 2.24) is 19.6 Å². The maximum atomic E-state index is 12.1. The fourth-order valence-electron chi connectivity index (χ4n) is 4.52. The van der Waals surface area contributed by atoms with Gasteiger partial charge in [0.25, 0.3) is 5.91 Å². The third-order valence-electron chi connectivity index (χ3n) is 7.08. The molecule has 5 rings (SSSR count). The average molecular weight is 620 g/mol. The minimum atomic E-state index is -0.815. The van der Waals surface area contributed by atoms with Gasteiger partial charge in [-0.05, 0) is 74.1 Å². The van der Waals surface area contributed by atoms with Gasteiger partial charge in [-0.25, -0.2) is 13.9 Å². The molecule has 10 heteroatoms. The number of nitrogens with one attached hydrogen (secondary N) is 1. The monoisotopic (exact) mass is 619 g/mol. The lowest BCUT2D eigenvalue weighted by molar-refractivity contribution is -0.136. The van der Waals surface area contributed by atoms with E-state index in [2.05, 4.69) is 42.8 Å². The minimum absolute atomic E-state index is 0.0998. The van der Waals surface area contributed by atoms with Gasteiger partial charge in [0.2, 0.25) is 0 Å². The van der Waals surface area contributed by atoms with E-state index in [1.54, 1.807) is 47.2 Å². The Morgan fingerprint density at radius 3 is 2.24 bits per heavy atom. The number of fused-ring (bicyclic) bond motifs is 2. The first-order chi connectivity index (χ1) is 21.4. The average Bonchev–Trinajstić information content (AvgIpc) is 3.62. The standard InChI is InChI=1S/C13H18N4O.C11H11NO3.C7H7F.C4H10/c1-4-5-8(2)11-9(3)6-15-13-10(12(14)18)7-16-17(11)13;13-8-2-3-10-9(5-8)7(6-12-10)1-4-11(14)15;1-6-2-4-7(8)5-3-6;1-3-4-2/h6-8H,4-5H2,1-3H3,(H2,14,18);2-3,5-6,12-13H,1,4H2,(H,14,15);2-5H,1H3;3-4H2,1-2H3. The Hall–Kier alpha value is -4.73. The molecule has 45 heavy (non-hydrogen) atoms. The SMILES string of the molecule is CCCC.CCCC(C)c1c(C)cnc2c(C(N)=O)cnn12.Cc1ccc(F)cc1.O=C(O)CCc1c[nH]c2ccc(O)cc12. The zero-order valence-electron chi connectivity index (χ0n) is 27.1. The van der Waals surface area contributed by atoms with E-state index in [-0.39, 0.29) is 18.0 Å². The van der Waals surface area contributed by atoms with Crippen LogP contribution in [-0.2, 0) is 11.2 Å². The Kier molecular flexibility index (Phi) is 14.7. The number of hydrogen-bond donors (Lipinski definition) is 4. The lowest BCUT2D eigenvalue weighted by Gasteiger charge is -2.15. The molecule has 1 unspecified atom stereocenters. The number of primary amides is 1. The molecule has 0 spiro atoms. The van der Waals surface area contributed by atoms with Gasteiger partial charge in [0.05, 0.1) is 11.9 Å². The van der Waals surface area contributed by atoms with Crippen LogP contribution in [0.4, 0.5) is 4.39 Å². The molecule has 2 aromatic carbocycles. The van der Waals surface area contributed by atoms with Gasteiger partial charge >= 0.3 is 5.97 Å². The number of carboxylic acids is 1. The number of aromatic amines is 1. The van der Waals surface area contributed by atoms with Crippen LogP contribution in [0.5, 0.6) is 5.75 Å². The fraction of sp³-hybridized carbons (Fsp3) is 0.371. The van der Waals surface area contributed by atoms with Crippen LogP contribution < -0.4 is 5.73 Å². The van der Waals surface area contributed by atoms with E-state index in [4.69, 9.17) is 10.8 Å². The molecule has 3 aromatic heterocycles. The minimum Gasteiger partial charge on any atom is -0.508 e. The molecule has 1 amide bonds. The third-order valence-corrected chi connectivity index (χ3v) is 7.08. The zero-order chi connectivity index (χ0) is 33.5. The number of nitrogens with two attached hydrogens (primary N) is 1. The van der Waals surface area contributed by atoms with Crippen LogP contribution in [-0.4, -0.2) is 41.7 Å². The third kappa shape index (κ3) is 11.0. The van der Waals surface area contributed by atoms with E-state index < -0.39 is 11.9 Å². The van der Waals surface area contributed by atoms with Gasteiger partial charge in [0.15, 0.2) is 5.65 Å². The lowest BCUT2D eigenvalue weighted by Crippen LogP contribution is -2.12. The number of hydrogen-bond acceptors (Lipinski definition) is 5. The van der Waals surface area contributed by atoms with Crippen molar-refractivity contribution in [2.24, 2.45) is 5.73 Å². The van der Waals surface area contributed by atoms with E-state index >= 15 is 0 Å². The number of H-pyrrole nitrogens is 1. The molecule has 0 aliphatic rings. The largest absolute Gasteiger partial charge is 0.508 e. The summed E-state index contributed by atoms with van der Waals surface area (Å²) in [5.74, 6) is -0.907. The first-order valence-electron chi connectivity index (χ1n) is 15.3. The normalized spacial score (nSPS) is 11.0. The number of amides is 1. The Morgan fingerprint density at radius 2 is 1.69 bits per heavy atom. The van der Waals surface area contributed by atoms with E-state index in [0.29, 0.717) is 23.5 Å². The molecule has 3 heterocycles. The van der Waals surface area contributed by atoms with Crippen molar-refractivity contribution in [3.63, 3.8) is 0 Å². The highest BCUT2D eigenvalue weighted by atomic mass is 19.1. The second-order valence-electron chi connectivity index (χ2n) is 10.9. The number of carbonyl (C=O) groups is 2. The van der Waals surface area contributed by atoms with Crippen LogP contribution in [0.25, 0.3) is 16.6 Å². The van der Waals surface area contributed by atoms with Crippen LogP contribution in [0.15, 0.2) is 61.1 Å². The highest BCUT2D eigenvalue weighted by Gasteiger charge is 2.18. The van der Waals surface area contributed by atoms with Gasteiger partial charge in [-0.2, -0.15) is 5.10 Å². The maximum absolute atomic E-state index is 12.1. The Bertz CT molecular complexity index is 1640. The van der Waals surface area contributed by atoms with Crippen molar-refractivity contribution in [2.75, 3.05) is 0 Å². The van der Waals surface area contributed by atoms with Crippen LogP contribution in [0.3, 0.4) is 0 Å². The molecule has 0 aliphatic carbocycles. The summed E-state index contributed by atoms with van der Waals surface area (Å²) >= 11 is 0. The van der Waals surface area contributed by atoms with Gasteiger partial charge in [0, 0.05) is 29.7 Å². The second-order valence-corrected chi connectivity index (χ2v) is 10.9. The van der Waals surface area contributed by atoms with E-state index in [1.165, 1.54) is 31.2 Å². The number of aromatic hydroxyl groups is 1. The molecule has 0 aliphatic heterocycles. The number of aromatic nitrogens is 4. The Morgan fingerprint density at radius 1 is 1.02 bits per heavy atom. The quantitative estimate of drug-likeness (QED) is 0.139. The molecule has 0 radical (unpaired) electrons. The van der Waals surface area contributed by atoms with Crippen molar-refractivity contribution in [3.05, 3.63) is 94.8 Å². The molecule has 9 nitrogen and oxygen atoms in total. The summed E-state index contributed by atoms with van der Waals surface area (Å²) in [6.45, 7) is 12.6. The van der Waals surface area contributed by atoms with Gasteiger partial charge in [-0.3, -0.25) is 9.59 Å². The van der Waals surface area contributed by atoms with Crippen molar-refractivity contribution in [3.8, 4) is 5.75 Å². The Labute approximate surface area is 264 Å². The number of rotatable bonds is 8. The number of carboxylic acid groups (broad SMARTS) is 1. The highest BCUT2D eigenvalue weighted by Crippen LogP contribution is 2.25. The molecule has 0 bridgehead atoms. The van der Waals surface area contributed by atoms with E-state index in [9.17, 15) is 19.1 Å². The fourth-order valence-corrected chi connectivity index (χ4v) is 4.52. The second kappa shape index (κ2) is 18.2. The highest BCUT2D eigenvalue weighted by molar-refractivity contribution is 5.98. The number of phenols is 1. The van der Waals surface area contributed by atoms with Gasteiger partial charge in [0.1, 0.15) is 17.1 Å². The first kappa shape index (κ1) is 36.5. The van der Waals surface area contributed by atoms with Crippen LogP contribution in [0.1, 0.15) is 98.5 Å². The summed E-state index contributed by atoms with van der Waals surface area (Å²) in [7, 11) is 0. The van der Waals surface area contributed by atoms with Gasteiger partial charge < -0.3 is 20.9 Å². The molecule has 1 atom stereocenters. The zero-order valence-corrected chi connectivity index (χ0v) is 27.1. The molecule has 5 N–H and O–H groups in total. The number of phenolic OH excluding ortho intramolecular Hbond substituents is 1. The molecule has 5 aromatic rings. The van der Waals surface area contributed by atoms with Crippen molar-refractivity contribution >= 4 is 28.4 Å². The summed E-state index contributed by atoms with van der Waals surface area (Å²) in [5, 5.41) is 23.0. The Balaban J connectivity index is 0.000000234. The maximum Gasteiger partial charge on any atom is 0.303 e. The van der Waals surface area contributed by atoms with Crippen LogP contribution >= 0.6 is 0 Å². The van der Waals surface area contributed by atoms with Crippen LogP contribution in [0, 0.1) is 19.7 Å². The van der Waals surface area contributed by atoms with Gasteiger partial charge in [-0.15, -0.1) is 0 Å². The lowest BCUT2D eigenvalue weighted by atomic mass is 9.99. The van der Waals surface area contributed by atoms with Crippen molar-refractivity contribution in [2.45, 2.75) is 86.0 Å². The number of halogens is 1. The smallest absolute Gasteiger partial charge is 0.303 e. The number of unbranched alkanes of at least 4 members (excludes halogenated alkanes) is 1. The van der Waals surface area contributed by atoms with E-state index in [1.807, 2.05) is 13.8 Å². The number of nitrogens with zero attached hydrogens (tertiary/aromatic N) is 3. The molecular formula is C35H46FN5O4. The first-order valence-corrected chi connectivity index (χ1v) is 15.3. The number of aryl methyl sites for hydroxylation is 3. The number of aliphatic carboxylic acids is 1. The number of benzene rings is 2. The molecule has 0 saturated carbocycles. The van der Waals surface area contributed by atoms with Crippen molar-refractivity contribution in [1.29, 1.82) is 0 Å². The molecular weight excluding hydrogens is 573 g/mol. The summed E-state index contributed by atoms with van der Waals surface area (Å²) in [5.41, 5.74) is 11.3. The summed E-state index contributed by atoms with van der Waals surface area (Å²) in [4.78, 5) is 29.0. The predicted octanol–water partition coefficient (Wildman–Crippen LogP) is 7.87. The van der Waals surface area contributed by atoms with Gasteiger partial charge in [-0.1, -0.05) is 64.7 Å². The molecule has 0 saturated heterocycles. The predicted molar refractivity (Wildman–Crippen MR) is 177 cm³/mol. The topological polar surface area (TPSA) is 147 Å². The van der Waals surface area contributed by atoms with E-state index in [0.717, 1.165) is 46.1 Å². The van der Waals surface area contributed by atoms with Crippen LogP contribution in [0.2, 0.25) is 0 Å². The summed E-state index contributed by atoms with van der Waals surface area (Å²) in [6, 6.07) is 11.4. The molecule has 0 fully saturated rings.